The maximum Gasteiger partial charge on any atom is 0.269 e. The van der Waals surface area contributed by atoms with Crippen molar-refractivity contribution >= 4 is 17.9 Å². The highest BCUT2D eigenvalue weighted by molar-refractivity contribution is 5.78. The molecule has 2 heterocycles. The fourth-order valence-corrected chi connectivity index (χ4v) is 2.11. The number of nitrogens with zero attached hydrogens (tertiary/aromatic N) is 3. The molecule has 0 saturated carbocycles. The number of hydrogen-bond donors (Lipinski definition) is 2. The second-order valence-corrected chi connectivity index (χ2v) is 5.11. The van der Waals surface area contributed by atoms with E-state index in [1.807, 2.05) is 0 Å². The zero-order valence-electron chi connectivity index (χ0n) is 13.1. The number of nitrogens with one attached hydrogen (secondary N) is 2. The van der Waals surface area contributed by atoms with E-state index in [2.05, 4.69) is 20.5 Å². The molecule has 0 aliphatic carbocycles. The van der Waals surface area contributed by atoms with E-state index >= 15 is 0 Å². The Morgan fingerprint density at radius 2 is 2.04 bits per heavy atom. The number of rotatable bonds is 5. The van der Waals surface area contributed by atoms with Crippen molar-refractivity contribution in [3.05, 3.63) is 74.4 Å². The maximum atomic E-state index is 11.3. The van der Waals surface area contributed by atoms with Gasteiger partial charge in [-0.25, -0.2) is 10.4 Å². The summed E-state index contributed by atoms with van der Waals surface area (Å²) in [6.45, 7) is 1.70. The van der Waals surface area contributed by atoms with Gasteiger partial charge in [0.05, 0.1) is 11.1 Å². The number of anilines is 1. The number of aromatic nitrogens is 2. The number of hydrogen-bond acceptors (Lipinski definition) is 7. The minimum atomic E-state index is -0.459. The fourth-order valence-electron chi connectivity index (χ4n) is 2.11. The van der Waals surface area contributed by atoms with Crippen molar-refractivity contribution < 1.29 is 9.34 Å². The van der Waals surface area contributed by atoms with Gasteiger partial charge in [0, 0.05) is 29.5 Å². The van der Waals surface area contributed by atoms with Gasteiger partial charge in [-0.05, 0) is 31.2 Å². The summed E-state index contributed by atoms with van der Waals surface area (Å²) in [5.41, 5.74) is 3.63. The zero-order chi connectivity index (χ0) is 17.8. The molecule has 2 aromatic heterocycles. The molecule has 0 saturated heterocycles. The predicted molar refractivity (Wildman–Crippen MR) is 91.6 cm³/mol. The van der Waals surface area contributed by atoms with Gasteiger partial charge in [0.25, 0.3) is 11.2 Å². The molecular weight excluding hydrogens is 326 g/mol. The van der Waals surface area contributed by atoms with E-state index in [0.29, 0.717) is 22.8 Å². The van der Waals surface area contributed by atoms with Crippen LogP contribution in [0.25, 0.3) is 11.3 Å². The molecule has 0 fully saturated rings. The van der Waals surface area contributed by atoms with Crippen molar-refractivity contribution in [2.45, 2.75) is 6.92 Å². The lowest BCUT2D eigenvalue weighted by Crippen LogP contribution is -2.10. The van der Waals surface area contributed by atoms with Crippen molar-refractivity contribution in [1.29, 1.82) is 0 Å². The van der Waals surface area contributed by atoms with Crippen molar-refractivity contribution in [3.8, 4) is 11.3 Å². The highest BCUT2D eigenvalue weighted by Gasteiger charge is 2.07. The SMILES string of the molecule is Cc1cc(=O)[nH]c(N/N=C/c2ccc(-c3ccc([N+](=O)[O-])cc3)o2)n1. The van der Waals surface area contributed by atoms with Crippen molar-refractivity contribution in [2.24, 2.45) is 5.10 Å². The topological polar surface area (TPSA) is 126 Å². The minimum absolute atomic E-state index is 0.0148. The molecule has 3 rings (SSSR count). The summed E-state index contributed by atoms with van der Waals surface area (Å²) in [6, 6.07) is 10.8. The first-order chi connectivity index (χ1) is 12.0. The first-order valence-electron chi connectivity index (χ1n) is 7.23. The van der Waals surface area contributed by atoms with Crippen LogP contribution in [0, 0.1) is 17.0 Å². The number of H-pyrrole nitrogens is 1. The molecule has 0 radical (unpaired) electrons. The summed E-state index contributed by atoms with van der Waals surface area (Å²) in [5.74, 6) is 1.25. The van der Waals surface area contributed by atoms with Gasteiger partial charge in [-0.15, -0.1) is 0 Å². The molecular formula is C16H13N5O4. The summed E-state index contributed by atoms with van der Waals surface area (Å²) < 4.78 is 5.60. The monoisotopic (exact) mass is 339 g/mol. The van der Waals surface area contributed by atoms with Gasteiger partial charge in [-0.1, -0.05) is 0 Å². The Hall–Kier alpha value is -3.75. The van der Waals surface area contributed by atoms with Gasteiger partial charge >= 0.3 is 0 Å². The number of hydrazone groups is 1. The first-order valence-corrected chi connectivity index (χ1v) is 7.23. The largest absolute Gasteiger partial charge is 0.455 e. The molecule has 9 heteroatoms. The van der Waals surface area contributed by atoms with Gasteiger partial charge in [0.2, 0.25) is 5.95 Å². The Morgan fingerprint density at radius 3 is 2.72 bits per heavy atom. The normalized spacial score (nSPS) is 10.9. The average Bonchev–Trinajstić information content (AvgIpc) is 3.03. The molecule has 3 aromatic rings. The van der Waals surface area contributed by atoms with E-state index in [1.54, 1.807) is 31.2 Å². The molecule has 25 heavy (non-hydrogen) atoms. The third-order valence-electron chi connectivity index (χ3n) is 3.22. The molecule has 0 aliphatic heterocycles. The Morgan fingerprint density at radius 1 is 1.28 bits per heavy atom. The summed E-state index contributed by atoms with van der Waals surface area (Å²) >= 11 is 0. The summed E-state index contributed by atoms with van der Waals surface area (Å²) in [4.78, 5) is 28.1. The number of furan rings is 1. The number of nitro benzene ring substituents is 1. The molecule has 126 valence electrons. The van der Waals surface area contributed by atoms with Crippen LogP contribution in [-0.2, 0) is 0 Å². The number of aromatic amines is 1. The van der Waals surface area contributed by atoms with E-state index in [4.69, 9.17) is 4.42 Å². The van der Waals surface area contributed by atoms with Crippen molar-refractivity contribution in [2.75, 3.05) is 5.43 Å². The Kier molecular flexibility index (Phi) is 4.38. The van der Waals surface area contributed by atoms with E-state index in [0.717, 1.165) is 0 Å². The van der Waals surface area contributed by atoms with Crippen LogP contribution in [0.15, 0.2) is 56.8 Å². The number of non-ortho nitro benzene ring substituents is 1. The molecule has 0 aliphatic rings. The van der Waals surface area contributed by atoms with Crippen LogP contribution in [0.4, 0.5) is 11.6 Å². The molecule has 0 unspecified atom stereocenters. The highest BCUT2D eigenvalue weighted by Crippen LogP contribution is 2.23. The molecule has 0 spiro atoms. The third-order valence-corrected chi connectivity index (χ3v) is 3.22. The number of nitro groups is 1. The Labute approximate surface area is 141 Å². The van der Waals surface area contributed by atoms with Crippen molar-refractivity contribution in [3.63, 3.8) is 0 Å². The van der Waals surface area contributed by atoms with Crippen LogP contribution in [0.1, 0.15) is 11.5 Å². The minimum Gasteiger partial charge on any atom is -0.455 e. The van der Waals surface area contributed by atoms with E-state index < -0.39 is 4.92 Å². The maximum absolute atomic E-state index is 11.3. The zero-order valence-corrected chi connectivity index (χ0v) is 13.1. The lowest BCUT2D eigenvalue weighted by Gasteiger charge is -1.99. The molecule has 0 atom stereocenters. The molecule has 0 bridgehead atoms. The van der Waals surface area contributed by atoms with Crippen LogP contribution in [0.5, 0.6) is 0 Å². The average molecular weight is 339 g/mol. The lowest BCUT2D eigenvalue weighted by molar-refractivity contribution is -0.384. The Bertz CT molecular complexity index is 988. The smallest absolute Gasteiger partial charge is 0.269 e. The second-order valence-electron chi connectivity index (χ2n) is 5.11. The van der Waals surface area contributed by atoms with E-state index in [-0.39, 0.29) is 17.2 Å². The van der Waals surface area contributed by atoms with Crippen molar-refractivity contribution in [1.82, 2.24) is 9.97 Å². The van der Waals surface area contributed by atoms with Gasteiger partial charge in [0.15, 0.2) is 0 Å². The van der Waals surface area contributed by atoms with Crippen LogP contribution in [-0.4, -0.2) is 21.1 Å². The standard InChI is InChI=1S/C16H13N5O4/c1-10-8-15(22)19-16(18-10)20-17-9-13-6-7-14(25-13)11-2-4-12(5-3-11)21(23)24/h2-9H,1H3,(H2,18,19,20,22)/b17-9+. The molecule has 2 N–H and O–H groups in total. The third kappa shape index (κ3) is 3.96. The quantitative estimate of drug-likeness (QED) is 0.418. The van der Waals surface area contributed by atoms with Gasteiger partial charge in [-0.2, -0.15) is 5.10 Å². The van der Waals surface area contributed by atoms with Gasteiger partial charge in [0.1, 0.15) is 11.5 Å². The lowest BCUT2D eigenvalue weighted by atomic mass is 10.1. The summed E-state index contributed by atoms with van der Waals surface area (Å²) in [6.07, 6.45) is 1.43. The summed E-state index contributed by atoms with van der Waals surface area (Å²) in [5, 5.41) is 14.6. The summed E-state index contributed by atoms with van der Waals surface area (Å²) in [7, 11) is 0. The first kappa shape index (κ1) is 16.1. The second kappa shape index (κ2) is 6.79. The van der Waals surface area contributed by atoms with Crippen LogP contribution >= 0.6 is 0 Å². The molecule has 9 nitrogen and oxygen atoms in total. The van der Waals surface area contributed by atoms with E-state index in [1.165, 1.54) is 24.4 Å². The van der Waals surface area contributed by atoms with Gasteiger partial charge < -0.3 is 4.42 Å². The molecule has 1 aromatic carbocycles. The van der Waals surface area contributed by atoms with Crippen LogP contribution < -0.4 is 11.0 Å². The van der Waals surface area contributed by atoms with Gasteiger partial charge in [-0.3, -0.25) is 19.9 Å². The fraction of sp³-hybridized carbons (Fsp3) is 0.0625. The predicted octanol–water partition coefficient (Wildman–Crippen LogP) is 2.69. The number of aryl methyl sites for hydroxylation is 1. The molecule has 0 amide bonds. The van der Waals surface area contributed by atoms with Crippen LogP contribution in [0.3, 0.4) is 0 Å². The highest BCUT2D eigenvalue weighted by atomic mass is 16.6. The van der Waals surface area contributed by atoms with Crippen LogP contribution in [0.2, 0.25) is 0 Å². The number of benzene rings is 1. The Balaban J connectivity index is 1.70. The van der Waals surface area contributed by atoms with E-state index in [9.17, 15) is 14.9 Å².